The van der Waals surface area contributed by atoms with Crippen LogP contribution in [-0.4, -0.2) is 63.0 Å². The zero-order chi connectivity index (χ0) is 24.6. The van der Waals surface area contributed by atoms with E-state index in [0.717, 1.165) is 53.4 Å². The Hall–Kier alpha value is -3.72. The minimum Gasteiger partial charge on any atom is -0.490 e. The third-order valence-corrected chi connectivity index (χ3v) is 7.36. The lowest BCUT2D eigenvalue weighted by atomic mass is 10.00. The quantitative estimate of drug-likeness (QED) is 0.472. The van der Waals surface area contributed by atoms with Gasteiger partial charge in [-0.3, -0.25) is 19.3 Å². The number of piperidine rings is 1. The molecule has 0 radical (unpaired) electrons. The van der Waals surface area contributed by atoms with Gasteiger partial charge in [0.2, 0.25) is 0 Å². The van der Waals surface area contributed by atoms with Crippen LogP contribution in [0.5, 0.6) is 5.75 Å². The highest BCUT2D eigenvalue weighted by Crippen LogP contribution is 2.30. The van der Waals surface area contributed by atoms with Crippen LogP contribution in [0.3, 0.4) is 0 Å². The van der Waals surface area contributed by atoms with Crippen molar-refractivity contribution in [2.24, 2.45) is 0 Å². The first-order valence-corrected chi connectivity index (χ1v) is 12.6. The number of carbonyl (C=O) groups excluding carboxylic acids is 1. The number of rotatable bonds is 4. The Balaban J connectivity index is 1.30. The third kappa shape index (κ3) is 4.13. The molecule has 3 aromatic heterocycles. The average Bonchev–Trinajstić information content (AvgIpc) is 3.36. The van der Waals surface area contributed by atoms with E-state index in [0.29, 0.717) is 37.3 Å². The predicted molar refractivity (Wildman–Crippen MR) is 135 cm³/mol. The lowest BCUT2D eigenvalue weighted by Gasteiger charge is -2.32. The fourth-order valence-corrected chi connectivity index (χ4v) is 5.39. The van der Waals surface area contributed by atoms with E-state index < -0.39 is 0 Å². The highest BCUT2D eigenvalue weighted by molar-refractivity contribution is 6.07. The van der Waals surface area contributed by atoms with Crippen molar-refractivity contribution < 1.29 is 14.3 Å². The summed E-state index contributed by atoms with van der Waals surface area (Å²) in [5, 5.41) is 5.98. The van der Waals surface area contributed by atoms with Crippen molar-refractivity contribution in [1.82, 2.24) is 24.6 Å². The largest absolute Gasteiger partial charge is 0.490 e. The Morgan fingerprint density at radius 3 is 2.58 bits per heavy atom. The Labute approximate surface area is 208 Å². The maximum Gasteiger partial charge on any atom is 0.259 e. The second kappa shape index (κ2) is 9.39. The van der Waals surface area contributed by atoms with Gasteiger partial charge in [0.1, 0.15) is 11.9 Å². The molecule has 9 heteroatoms. The molecule has 0 spiro atoms. The van der Waals surface area contributed by atoms with Crippen LogP contribution >= 0.6 is 0 Å². The van der Waals surface area contributed by atoms with Gasteiger partial charge >= 0.3 is 0 Å². The molecule has 0 saturated carbocycles. The first-order valence-electron chi connectivity index (χ1n) is 12.6. The van der Waals surface area contributed by atoms with Crippen LogP contribution in [0.25, 0.3) is 21.8 Å². The molecule has 2 fully saturated rings. The van der Waals surface area contributed by atoms with Crippen molar-refractivity contribution in [3.05, 3.63) is 64.3 Å². The maximum atomic E-state index is 13.6. The number of nitrogens with zero attached hydrogens (tertiary/aromatic N) is 4. The summed E-state index contributed by atoms with van der Waals surface area (Å²) in [6.45, 7) is 4.54. The van der Waals surface area contributed by atoms with Gasteiger partial charge < -0.3 is 19.4 Å². The van der Waals surface area contributed by atoms with Crippen LogP contribution in [0.4, 0.5) is 0 Å². The van der Waals surface area contributed by atoms with Crippen LogP contribution in [0.2, 0.25) is 0 Å². The van der Waals surface area contributed by atoms with E-state index in [-0.39, 0.29) is 23.6 Å². The number of amides is 1. The molecular formula is C27H29N5O4. The van der Waals surface area contributed by atoms with Gasteiger partial charge in [-0.25, -0.2) is 0 Å². The van der Waals surface area contributed by atoms with Gasteiger partial charge in [0.05, 0.1) is 28.7 Å². The molecule has 9 nitrogen and oxygen atoms in total. The number of likely N-dealkylation sites (tertiary alicyclic amines) is 1. The van der Waals surface area contributed by atoms with Gasteiger partial charge in [-0.1, -0.05) is 0 Å². The molecule has 36 heavy (non-hydrogen) atoms. The Morgan fingerprint density at radius 1 is 1.08 bits per heavy atom. The lowest BCUT2D eigenvalue weighted by Crippen LogP contribution is -2.42. The fraction of sp³-hybridized carbons (Fsp3) is 0.407. The van der Waals surface area contributed by atoms with Gasteiger partial charge in [0.15, 0.2) is 0 Å². The first kappa shape index (κ1) is 22.7. The highest BCUT2D eigenvalue weighted by atomic mass is 16.5. The van der Waals surface area contributed by atoms with E-state index in [9.17, 15) is 9.59 Å². The van der Waals surface area contributed by atoms with E-state index in [1.165, 1.54) is 0 Å². The molecule has 0 unspecified atom stereocenters. The summed E-state index contributed by atoms with van der Waals surface area (Å²) in [5.41, 5.74) is 2.85. The topological polar surface area (TPSA) is 102 Å². The molecule has 186 valence electrons. The number of ether oxygens (including phenoxy) is 2. The zero-order valence-electron chi connectivity index (χ0n) is 20.3. The maximum absolute atomic E-state index is 13.6. The number of carbonyl (C=O) groups is 1. The molecule has 1 N–H and O–H groups in total. The minimum atomic E-state index is -0.162. The number of aromatic amines is 1. The van der Waals surface area contributed by atoms with Crippen LogP contribution in [0, 0.1) is 6.92 Å². The molecule has 0 bridgehead atoms. The number of hydrogen-bond donors (Lipinski definition) is 1. The standard InChI is InChI=1S/C27H29N5O4/c1-17-14-24-22(25-23(26(33)30-24)16-29-32(25)18-6-12-35-13-7-18)15-21(17)27(34)31-10-4-20(5-11-31)36-19-2-8-28-9-3-19/h2-3,8-9,14-16,18,20H,4-7,10-13H2,1H3,(H,30,33). The van der Waals surface area contributed by atoms with Gasteiger partial charge in [-0.05, 0) is 49.6 Å². The molecule has 0 atom stereocenters. The van der Waals surface area contributed by atoms with E-state index in [1.807, 2.05) is 40.8 Å². The smallest absolute Gasteiger partial charge is 0.259 e. The number of fused-ring (bicyclic) bond motifs is 3. The van der Waals surface area contributed by atoms with Crippen molar-refractivity contribution in [3.8, 4) is 5.75 Å². The molecule has 1 amide bonds. The normalized spacial score (nSPS) is 17.6. The third-order valence-electron chi connectivity index (χ3n) is 7.36. The van der Waals surface area contributed by atoms with Crippen LogP contribution in [-0.2, 0) is 4.74 Å². The second-order valence-corrected chi connectivity index (χ2v) is 9.65. The molecule has 6 rings (SSSR count). The van der Waals surface area contributed by atoms with Gasteiger partial charge in [0, 0.05) is 62.5 Å². The van der Waals surface area contributed by atoms with E-state index in [1.54, 1.807) is 18.6 Å². The SMILES string of the molecule is Cc1cc2[nH]c(=O)c3cnn(C4CCOCC4)c3c2cc1C(=O)N1CCC(Oc2ccncc2)CC1. The van der Waals surface area contributed by atoms with Crippen molar-refractivity contribution in [2.75, 3.05) is 26.3 Å². The Morgan fingerprint density at radius 2 is 1.83 bits per heavy atom. The zero-order valence-corrected chi connectivity index (χ0v) is 20.3. The second-order valence-electron chi connectivity index (χ2n) is 9.65. The van der Waals surface area contributed by atoms with E-state index in [4.69, 9.17) is 9.47 Å². The summed E-state index contributed by atoms with van der Waals surface area (Å²) in [6, 6.07) is 7.71. The van der Waals surface area contributed by atoms with Crippen LogP contribution in [0.1, 0.15) is 47.6 Å². The Bertz CT molecular complexity index is 1460. The number of aryl methyl sites for hydroxylation is 1. The fourth-order valence-electron chi connectivity index (χ4n) is 5.39. The number of nitrogens with one attached hydrogen (secondary N) is 1. The molecule has 4 aromatic rings. The number of aromatic nitrogens is 4. The average molecular weight is 488 g/mol. The predicted octanol–water partition coefficient (Wildman–Crippen LogP) is 3.62. The van der Waals surface area contributed by atoms with Gasteiger partial charge in [-0.2, -0.15) is 5.10 Å². The molecule has 0 aliphatic carbocycles. The summed E-state index contributed by atoms with van der Waals surface area (Å²) in [7, 11) is 0. The van der Waals surface area contributed by atoms with Crippen LogP contribution in [0.15, 0.2) is 47.7 Å². The number of H-pyrrole nitrogens is 1. The van der Waals surface area contributed by atoms with Crippen molar-refractivity contribution in [1.29, 1.82) is 0 Å². The summed E-state index contributed by atoms with van der Waals surface area (Å²) >= 11 is 0. The van der Waals surface area contributed by atoms with Crippen LogP contribution < -0.4 is 10.3 Å². The van der Waals surface area contributed by atoms with E-state index >= 15 is 0 Å². The lowest BCUT2D eigenvalue weighted by molar-refractivity contribution is 0.0595. The minimum absolute atomic E-state index is 0.00763. The number of benzene rings is 1. The van der Waals surface area contributed by atoms with Crippen molar-refractivity contribution in [3.63, 3.8) is 0 Å². The van der Waals surface area contributed by atoms with E-state index in [2.05, 4.69) is 15.1 Å². The van der Waals surface area contributed by atoms with Crippen molar-refractivity contribution >= 4 is 27.7 Å². The van der Waals surface area contributed by atoms with Gasteiger partial charge in [0.25, 0.3) is 11.5 Å². The molecule has 2 aliphatic rings. The first-order chi connectivity index (χ1) is 17.6. The highest BCUT2D eigenvalue weighted by Gasteiger charge is 2.27. The van der Waals surface area contributed by atoms with Crippen molar-refractivity contribution in [2.45, 2.75) is 44.8 Å². The summed E-state index contributed by atoms with van der Waals surface area (Å²) in [4.78, 5) is 35.3. The summed E-state index contributed by atoms with van der Waals surface area (Å²) < 4.78 is 13.5. The molecule has 2 saturated heterocycles. The molecule has 2 aliphatic heterocycles. The summed E-state index contributed by atoms with van der Waals surface area (Å²) in [6.07, 6.45) is 8.39. The molecular weight excluding hydrogens is 458 g/mol. The monoisotopic (exact) mass is 487 g/mol. The Kier molecular flexibility index (Phi) is 5.92. The van der Waals surface area contributed by atoms with Gasteiger partial charge in [-0.15, -0.1) is 0 Å². The number of hydrogen-bond acceptors (Lipinski definition) is 6. The number of pyridine rings is 2. The summed E-state index contributed by atoms with van der Waals surface area (Å²) in [5.74, 6) is 0.813. The molecule has 5 heterocycles. The molecule has 1 aromatic carbocycles.